The van der Waals surface area contributed by atoms with Crippen LogP contribution in [0.4, 0.5) is 16.2 Å². The molecule has 0 aliphatic carbocycles. The number of hydrogen-bond donors (Lipinski definition) is 2. The topological polar surface area (TPSA) is 88.5 Å². The Morgan fingerprint density at radius 3 is 2.37 bits per heavy atom. The molecule has 1 saturated heterocycles. The highest BCUT2D eigenvalue weighted by atomic mass is 16.2. The van der Waals surface area contributed by atoms with E-state index in [9.17, 15) is 9.59 Å². The minimum Gasteiger partial charge on any atom is -0.326 e. The molecule has 7 nitrogen and oxygen atoms in total. The third-order valence-corrected chi connectivity index (χ3v) is 5.23. The van der Waals surface area contributed by atoms with E-state index < -0.39 is 0 Å². The van der Waals surface area contributed by atoms with E-state index in [4.69, 9.17) is 5.26 Å². The monoisotopic (exact) mass is 405 g/mol. The number of piperazine rings is 1. The molecule has 1 aliphatic heterocycles. The normalized spacial score (nSPS) is 14.1. The van der Waals surface area contributed by atoms with E-state index in [-0.39, 0.29) is 11.9 Å². The van der Waals surface area contributed by atoms with Crippen LogP contribution in [0.3, 0.4) is 0 Å². The van der Waals surface area contributed by atoms with Crippen molar-refractivity contribution in [3.8, 4) is 6.07 Å². The van der Waals surface area contributed by atoms with E-state index in [0.29, 0.717) is 36.4 Å². The van der Waals surface area contributed by atoms with Gasteiger partial charge in [0.25, 0.3) is 0 Å². The molecule has 3 rings (SSSR count). The first-order chi connectivity index (χ1) is 14.5. The summed E-state index contributed by atoms with van der Waals surface area (Å²) >= 11 is 0. The summed E-state index contributed by atoms with van der Waals surface area (Å²) in [5.41, 5.74) is 4.14. The fourth-order valence-corrected chi connectivity index (χ4v) is 3.33. The highest BCUT2D eigenvalue weighted by molar-refractivity contribution is 5.94. The fraction of sp³-hybridized carbons (Fsp3) is 0.348. The van der Waals surface area contributed by atoms with Crippen LogP contribution in [0.1, 0.15) is 30.0 Å². The Bertz CT molecular complexity index is 941. The van der Waals surface area contributed by atoms with Crippen LogP contribution in [0.25, 0.3) is 0 Å². The van der Waals surface area contributed by atoms with Gasteiger partial charge in [-0.25, -0.2) is 4.79 Å². The van der Waals surface area contributed by atoms with Gasteiger partial charge >= 0.3 is 6.03 Å². The Balaban J connectivity index is 1.53. The lowest BCUT2D eigenvalue weighted by atomic mass is 10.1. The molecule has 1 aliphatic rings. The van der Waals surface area contributed by atoms with Crippen molar-refractivity contribution in [3.63, 3.8) is 0 Å². The fourth-order valence-electron chi connectivity index (χ4n) is 3.33. The van der Waals surface area contributed by atoms with E-state index in [0.717, 1.165) is 30.8 Å². The summed E-state index contributed by atoms with van der Waals surface area (Å²) in [6.45, 7) is 7.40. The van der Waals surface area contributed by atoms with E-state index in [1.54, 1.807) is 13.0 Å². The van der Waals surface area contributed by atoms with Gasteiger partial charge < -0.3 is 15.5 Å². The second-order valence-electron chi connectivity index (χ2n) is 7.43. The first-order valence-corrected chi connectivity index (χ1v) is 10.2. The number of benzene rings is 2. The van der Waals surface area contributed by atoms with Crippen LogP contribution in [0.5, 0.6) is 0 Å². The zero-order valence-electron chi connectivity index (χ0n) is 17.4. The van der Waals surface area contributed by atoms with Crippen LogP contribution in [0.15, 0.2) is 42.5 Å². The summed E-state index contributed by atoms with van der Waals surface area (Å²) in [5.74, 6) is -0.0606. The molecule has 3 amide bonds. The lowest BCUT2D eigenvalue weighted by molar-refractivity contribution is -0.115. The predicted octanol–water partition coefficient (Wildman–Crippen LogP) is 3.56. The summed E-state index contributed by atoms with van der Waals surface area (Å²) in [5, 5.41) is 14.7. The zero-order valence-corrected chi connectivity index (χ0v) is 17.4. The summed E-state index contributed by atoms with van der Waals surface area (Å²) in [6, 6.07) is 15.1. The molecular weight excluding hydrogens is 378 g/mol. The minimum absolute atomic E-state index is 0.0606. The highest BCUT2D eigenvalue weighted by Crippen LogP contribution is 2.21. The zero-order chi connectivity index (χ0) is 21.5. The molecule has 0 aromatic heterocycles. The molecule has 156 valence electrons. The van der Waals surface area contributed by atoms with Gasteiger partial charge in [-0.05, 0) is 42.3 Å². The number of rotatable bonds is 5. The number of nitriles is 1. The SMILES string of the molecule is CCC(=O)Nc1ccc(C)c(NC(=O)N2CCN(Cc3ccc(C#N)cc3)CC2)c1. The van der Waals surface area contributed by atoms with Crippen LogP contribution in [0, 0.1) is 18.3 Å². The van der Waals surface area contributed by atoms with E-state index in [1.165, 1.54) is 0 Å². The molecule has 0 atom stereocenters. The van der Waals surface area contributed by atoms with Crippen LogP contribution in [-0.4, -0.2) is 47.9 Å². The van der Waals surface area contributed by atoms with Crippen molar-refractivity contribution < 1.29 is 9.59 Å². The quantitative estimate of drug-likeness (QED) is 0.796. The number of aryl methyl sites for hydroxylation is 1. The predicted molar refractivity (Wildman–Crippen MR) is 117 cm³/mol. The first-order valence-electron chi connectivity index (χ1n) is 10.2. The summed E-state index contributed by atoms with van der Waals surface area (Å²) < 4.78 is 0. The molecule has 2 aromatic carbocycles. The van der Waals surface area contributed by atoms with Crippen molar-refractivity contribution >= 4 is 23.3 Å². The summed E-state index contributed by atoms with van der Waals surface area (Å²) in [4.78, 5) is 28.5. The molecule has 30 heavy (non-hydrogen) atoms. The second kappa shape index (κ2) is 9.90. The molecule has 0 saturated carbocycles. The van der Waals surface area contributed by atoms with Gasteiger partial charge in [-0.2, -0.15) is 5.26 Å². The maximum Gasteiger partial charge on any atom is 0.321 e. The number of nitrogens with one attached hydrogen (secondary N) is 2. The van der Waals surface area contributed by atoms with Crippen LogP contribution >= 0.6 is 0 Å². The average molecular weight is 406 g/mol. The molecular formula is C23H27N5O2. The van der Waals surface area contributed by atoms with Gasteiger partial charge in [-0.1, -0.05) is 25.1 Å². The Kier molecular flexibility index (Phi) is 7.04. The molecule has 7 heteroatoms. The van der Waals surface area contributed by atoms with Gasteiger partial charge in [0.15, 0.2) is 0 Å². The largest absolute Gasteiger partial charge is 0.326 e. The van der Waals surface area contributed by atoms with Crippen LogP contribution in [0.2, 0.25) is 0 Å². The molecule has 2 N–H and O–H groups in total. The Morgan fingerprint density at radius 2 is 1.73 bits per heavy atom. The molecule has 0 unspecified atom stereocenters. The third-order valence-electron chi connectivity index (χ3n) is 5.23. The summed E-state index contributed by atoms with van der Waals surface area (Å²) in [6.07, 6.45) is 0.405. The van der Waals surface area contributed by atoms with Gasteiger partial charge in [-0.3, -0.25) is 9.69 Å². The van der Waals surface area contributed by atoms with Gasteiger partial charge in [0, 0.05) is 50.5 Å². The highest BCUT2D eigenvalue weighted by Gasteiger charge is 2.21. The lowest BCUT2D eigenvalue weighted by Crippen LogP contribution is -2.49. The number of nitrogens with zero attached hydrogens (tertiary/aromatic N) is 3. The number of anilines is 2. The Labute approximate surface area is 177 Å². The van der Waals surface area contributed by atoms with Crippen LogP contribution < -0.4 is 10.6 Å². The second-order valence-corrected chi connectivity index (χ2v) is 7.43. The van der Waals surface area contributed by atoms with Gasteiger partial charge in [0.05, 0.1) is 11.6 Å². The van der Waals surface area contributed by atoms with Crippen molar-refractivity contribution in [2.24, 2.45) is 0 Å². The molecule has 0 bridgehead atoms. The molecule has 2 aromatic rings. The van der Waals surface area contributed by atoms with Crippen molar-refractivity contribution in [1.82, 2.24) is 9.80 Å². The number of urea groups is 1. The standard InChI is InChI=1S/C23H27N5O2/c1-3-22(29)25-20-9-4-17(2)21(14-20)26-23(30)28-12-10-27(11-13-28)16-19-7-5-18(15-24)6-8-19/h4-9,14H,3,10-13,16H2,1-2H3,(H,25,29)(H,26,30). The van der Waals surface area contributed by atoms with E-state index >= 15 is 0 Å². The van der Waals surface area contributed by atoms with Crippen molar-refractivity contribution in [2.75, 3.05) is 36.8 Å². The maximum absolute atomic E-state index is 12.7. The average Bonchev–Trinajstić information content (AvgIpc) is 2.77. The third kappa shape index (κ3) is 5.58. The van der Waals surface area contributed by atoms with E-state index in [1.807, 2.05) is 48.2 Å². The number of hydrogen-bond acceptors (Lipinski definition) is 4. The van der Waals surface area contributed by atoms with Crippen molar-refractivity contribution in [3.05, 3.63) is 59.2 Å². The van der Waals surface area contributed by atoms with Crippen molar-refractivity contribution in [1.29, 1.82) is 5.26 Å². The number of carbonyl (C=O) groups excluding carboxylic acids is 2. The Hall–Kier alpha value is -3.37. The minimum atomic E-state index is -0.130. The molecule has 1 heterocycles. The van der Waals surface area contributed by atoms with E-state index in [2.05, 4.69) is 21.6 Å². The number of amides is 3. The lowest BCUT2D eigenvalue weighted by Gasteiger charge is -2.34. The van der Waals surface area contributed by atoms with Crippen molar-refractivity contribution in [2.45, 2.75) is 26.8 Å². The van der Waals surface area contributed by atoms with Gasteiger partial charge in [0.1, 0.15) is 0 Å². The van der Waals surface area contributed by atoms with Crippen LogP contribution in [-0.2, 0) is 11.3 Å². The van der Waals surface area contributed by atoms with Gasteiger partial charge in [0.2, 0.25) is 5.91 Å². The Morgan fingerprint density at radius 1 is 1.03 bits per heavy atom. The maximum atomic E-state index is 12.7. The van der Waals surface area contributed by atoms with Gasteiger partial charge in [-0.15, -0.1) is 0 Å². The first kappa shape index (κ1) is 21.3. The molecule has 1 fully saturated rings. The number of carbonyl (C=O) groups is 2. The molecule has 0 spiro atoms. The summed E-state index contributed by atoms with van der Waals surface area (Å²) in [7, 11) is 0. The molecule has 0 radical (unpaired) electrons. The smallest absolute Gasteiger partial charge is 0.321 e.